The summed E-state index contributed by atoms with van der Waals surface area (Å²) in [5.74, 6) is -0.171. The molecule has 0 spiro atoms. The molecule has 0 aliphatic rings. The van der Waals surface area contributed by atoms with E-state index in [9.17, 15) is 4.79 Å². The summed E-state index contributed by atoms with van der Waals surface area (Å²) in [6, 6.07) is 1.66. The lowest BCUT2D eigenvalue weighted by molar-refractivity contribution is -0.122. The predicted molar refractivity (Wildman–Crippen MR) is 55.3 cm³/mol. The number of carbonyl (C=O) groups excluding carboxylic acids is 1. The zero-order valence-corrected chi connectivity index (χ0v) is 9.13. The Balaban J connectivity index is 3.92. The molecule has 0 aromatic rings. The van der Waals surface area contributed by atoms with E-state index >= 15 is 0 Å². The summed E-state index contributed by atoms with van der Waals surface area (Å²) in [6.07, 6.45) is 1.56. The Morgan fingerprint density at radius 3 is 2.64 bits per heavy atom. The summed E-state index contributed by atoms with van der Waals surface area (Å²) in [7, 11) is 0. The number of hydrogen-bond acceptors (Lipinski definition) is 3. The molecule has 0 aliphatic carbocycles. The molecule has 0 radical (unpaired) electrons. The second-order valence-corrected chi connectivity index (χ2v) is 4.11. The van der Waals surface area contributed by atoms with Crippen molar-refractivity contribution in [3.63, 3.8) is 0 Å². The van der Waals surface area contributed by atoms with Crippen molar-refractivity contribution in [1.29, 1.82) is 5.26 Å². The lowest BCUT2D eigenvalue weighted by Crippen LogP contribution is -2.43. The van der Waals surface area contributed by atoms with E-state index < -0.39 is 11.5 Å². The average Bonchev–Trinajstić information content (AvgIpc) is 2.15. The highest BCUT2D eigenvalue weighted by molar-refractivity contribution is 5.81. The van der Waals surface area contributed by atoms with Gasteiger partial charge in [-0.2, -0.15) is 5.26 Å². The molecule has 0 saturated carbocycles. The Morgan fingerprint density at radius 1 is 1.64 bits per heavy atom. The molecule has 4 nitrogen and oxygen atoms in total. The van der Waals surface area contributed by atoms with Crippen LogP contribution in [0.2, 0.25) is 0 Å². The van der Waals surface area contributed by atoms with Gasteiger partial charge in [0.05, 0.1) is 17.5 Å². The van der Waals surface area contributed by atoms with Crippen molar-refractivity contribution < 1.29 is 4.79 Å². The van der Waals surface area contributed by atoms with Crippen LogP contribution in [0.1, 0.15) is 33.6 Å². The first-order chi connectivity index (χ1) is 6.43. The molecule has 0 bridgehead atoms. The lowest BCUT2D eigenvalue weighted by atomic mass is 9.96. The van der Waals surface area contributed by atoms with Gasteiger partial charge in [-0.1, -0.05) is 13.3 Å². The van der Waals surface area contributed by atoms with Gasteiger partial charge in [0.2, 0.25) is 5.91 Å². The second-order valence-electron chi connectivity index (χ2n) is 4.11. The summed E-state index contributed by atoms with van der Waals surface area (Å²) in [5.41, 5.74) is 5.08. The maximum atomic E-state index is 11.4. The molecule has 3 N–H and O–H groups in total. The van der Waals surface area contributed by atoms with Crippen molar-refractivity contribution >= 4 is 5.91 Å². The largest absolute Gasteiger partial charge is 0.353 e. The highest BCUT2D eigenvalue weighted by atomic mass is 16.2. The van der Waals surface area contributed by atoms with Crippen molar-refractivity contribution in [2.45, 2.75) is 39.7 Å². The molecule has 1 atom stereocenters. The van der Waals surface area contributed by atoms with Crippen LogP contribution in [-0.2, 0) is 4.79 Å². The molecule has 80 valence electrons. The van der Waals surface area contributed by atoms with Gasteiger partial charge in [0.15, 0.2) is 0 Å². The molecule has 14 heavy (non-hydrogen) atoms. The molecular formula is C10H19N3O. The number of hydrogen-bond donors (Lipinski definition) is 2. The smallest absolute Gasteiger partial charge is 0.236 e. The van der Waals surface area contributed by atoms with Crippen LogP contribution < -0.4 is 11.1 Å². The molecule has 0 aliphatic heterocycles. The quantitative estimate of drug-likeness (QED) is 0.683. The highest BCUT2D eigenvalue weighted by Gasteiger charge is 2.19. The third kappa shape index (κ3) is 4.83. The highest BCUT2D eigenvalue weighted by Crippen LogP contribution is 2.10. The van der Waals surface area contributed by atoms with Crippen molar-refractivity contribution in [1.82, 2.24) is 5.32 Å². The van der Waals surface area contributed by atoms with Gasteiger partial charge >= 0.3 is 0 Å². The van der Waals surface area contributed by atoms with Crippen molar-refractivity contribution in [3.05, 3.63) is 0 Å². The Bertz CT molecular complexity index is 230. The molecule has 0 unspecified atom stereocenters. The first-order valence-corrected chi connectivity index (χ1v) is 4.87. The number of amides is 1. The van der Waals surface area contributed by atoms with E-state index in [-0.39, 0.29) is 5.91 Å². The number of rotatable bonds is 5. The average molecular weight is 197 g/mol. The second kappa shape index (κ2) is 5.61. The Labute approximate surface area is 85.5 Å². The lowest BCUT2D eigenvalue weighted by Gasteiger charge is -2.17. The summed E-state index contributed by atoms with van der Waals surface area (Å²) in [4.78, 5) is 11.4. The van der Waals surface area contributed by atoms with Crippen LogP contribution in [0.4, 0.5) is 0 Å². The van der Waals surface area contributed by atoms with Crippen molar-refractivity contribution in [2.75, 3.05) is 6.54 Å². The van der Waals surface area contributed by atoms with Gasteiger partial charge in [0.1, 0.15) is 0 Å². The zero-order valence-electron chi connectivity index (χ0n) is 9.13. The van der Waals surface area contributed by atoms with E-state index in [0.717, 1.165) is 6.42 Å². The van der Waals surface area contributed by atoms with Gasteiger partial charge in [0.25, 0.3) is 0 Å². The molecule has 0 heterocycles. The molecular weight excluding hydrogens is 178 g/mol. The third-order valence-electron chi connectivity index (χ3n) is 1.94. The summed E-state index contributed by atoms with van der Waals surface area (Å²) < 4.78 is 0. The number of nitriles is 1. The first kappa shape index (κ1) is 12.9. The Kier molecular flexibility index (Phi) is 5.18. The maximum absolute atomic E-state index is 11.4. The van der Waals surface area contributed by atoms with Crippen LogP contribution >= 0.6 is 0 Å². The monoisotopic (exact) mass is 197 g/mol. The van der Waals surface area contributed by atoms with Crippen molar-refractivity contribution in [3.8, 4) is 6.07 Å². The van der Waals surface area contributed by atoms with Gasteiger partial charge < -0.3 is 11.1 Å². The first-order valence-electron chi connectivity index (χ1n) is 4.87. The SMILES string of the molecule is CCC[C@@H](N)C(=O)NCC(C)(C)C#N. The normalized spacial score (nSPS) is 13.1. The van der Waals surface area contributed by atoms with Crippen LogP contribution in [0, 0.1) is 16.7 Å². The van der Waals surface area contributed by atoms with E-state index in [1.807, 2.05) is 6.92 Å². The number of nitrogens with two attached hydrogens (primary N) is 1. The minimum atomic E-state index is -0.526. The summed E-state index contributed by atoms with van der Waals surface area (Å²) in [6.45, 7) is 5.88. The Hall–Kier alpha value is -1.08. The van der Waals surface area contributed by atoms with Crippen LogP contribution in [0.5, 0.6) is 0 Å². The standard InChI is InChI=1S/C10H19N3O/c1-4-5-8(12)9(14)13-7-10(2,3)6-11/h8H,4-5,7,12H2,1-3H3,(H,13,14)/t8-/m1/s1. The minimum Gasteiger partial charge on any atom is -0.353 e. The van der Waals surface area contributed by atoms with E-state index in [4.69, 9.17) is 11.0 Å². The number of carbonyl (C=O) groups is 1. The van der Waals surface area contributed by atoms with Crippen LogP contribution in [-0.4, -0.2) is 18.5 Å². The zero-order chi connectivity index (χ0) is 11.2. The fraction of sp³-hybridized carbons (Fsp3) is 0.800. The molecule has 1 amide bonds. The molecule has 0 fully saturated rings. The predicted octanol–water partition coefficient (Wildman–Crippen LogP) is 0.780. The number of nitrogens with one attached hydrogen (secondary N) is 1. The van der Waals surface area contributed by atoms with Gasteiger partial charge in [-0.15, -0.1) is 0 Å². The molecule has 0 aromatic heterocycles. The van der Waals surface area contributed by atoms with E-state index in [0.29, 0.717) is 13.0 Å². The molecule has 0 saturated heterocycles. The summed E-state index contributed by atoms with van der Waals surface area (Å²) >= 11 is 0. The van der Waals surface area contributed by atoms with Gasteiger partial charge in [-0.05, 0) is 20.3 Å². The van der Waals surface area contributed by atoms with Gasteiger partial charge in [-0.25, -0.2) is 0 Å². The maximum Gasteiger partial charge on any atom is 0.236 e. The van der Waals surface area contributed by atoms with Gasteiger partial charge in [0, 0.05) is 6.54 Å². The van der Waals surface area contributed by atoms with Crippen LogP contribution in [0.3, 0.4) is 0 Å². The number of nitrogens with zero attached hydrogens (tertiary/aromatic N) is 1. The topological polar surface area (TPSA) is 78.9 Å². The van der Waals surface area contributed by atoms with Crippen LogP contribution in [0.25, 0.3) is 0 Å². The van der Waals surface area contributed by atoms with E-state index in [1.165, 1.54) is 0 Å². The fourth-order valence-corrected chi connectivity index (χ4v) is 0.921. The molecule has 4 heteroatoms. The molecule has 0 rings (SSSR count). The van der Waals surface area contributed by atoms with Crippen molar-refractivity contribution in [2.24, 2.45) is 11.1 Å². The fourth-order valence-electron chi connectivity index (χ4n) is 0.921. The van der Waals surface area contributed by atoms with Gasteiger partial charge in [-0.3, -0.25) is 4.79 Å². The van der Waals surface area contributed by atoms with E-state index in [2.05, 4.69) is 11.4 Å². The van der Waals surface area contributed by atoms with Crippen LogP contribution in [0.15, 0.2) is 0 Å². The minimum absolute atomic E-state index is 0.171. The summed E-state index contributed by atoms with van der Waals surface area (Å²) in [5, 5.41) is 11.4. The molecule has 0 aromatic carbocycles. The van der Waals surface area contributed by atoms with E-state index in [1.54, 1.807) is 13.8 Å². The Morgan fingerprint density at radius 2 is 2.21 bits per heavy atom. The third-order valence-corrected chi connectivity index (χ3v) is 1.94.